The zero-order valence-electron chi connectivity index (χ0n) is 13.2. The number of rotatable bonds is 6. The quantitative estimate of drug-likeness (QED) is 0.712. The highest BCUT2D eigenvalue weighted by molar-refractivity contribution is 5.94. The van der Waals surface area contributed by atoms with Crippen LogP contribution < -0.4 is 10.6 Å². The van der Waals surface area contributed by atoms with Gasteiger partial charge >= 0.3 is 0 Å². The minimum absolute atomic E-state index is 0.103. The van der Waals surface area contributed by atoms with Crippen LogP contribution in [0.25, 0.3) is 11.2 Å². The first-order chi connectivity index (χ1) is 12.1. The van der Waals surface area contributed by atoms with Crippen LogP contribution in [0.4, 0.5) is 4.39 Å². The van der Waals surface area contributed by atoms with E-state index in [0.29, 0.717) is 22.7 Å². The van der Waals surface area contributed by atoms with Crippen LogP contribution >= 0.6 is 0 Å². The van der Waals surface area contributed by atoms with Gasteiger partial charge in [-0.15, -0.1) is 0 Å². The Morgan fingerprint density at radius 3 is 2.68 bits per heavy atom. The number of nitrogens with zero attached hydrogens (tertiary/aromatic N) is 2. The molecule has 25 heavy (non-hydrogen) atoms. The maximum absolute atomic E-state index is 12.8. The van der Waals surface area contributed by atoms with E-state index in [9.17, 15) is 14.0 Å². The summed E-state index contributed by atoms with van der Waals surface area (Å²) in [7, 11) is 0. The van der Waals surface area contributed by atoms with Crippen molar-refractivity contribution < 1.29 is 18.4 Å². The number of pyridine rings is 1. The molecule has 2 heterocycles. The molecule has 2 amide bonds. The van der Waals surface area contributed by atoms with E-state index in [1.165, 1.54) is 24.3 Å². The smallest absolute Gasteiger partial charge is 0.251 e. The fraction of sp³-hybridized carbons (Fsp3) is 0.176. The Kier molecular flexibility index (Phi) is 4.98. The number of carbonyl (C=O) groups is 2. The number of hydrogen-bond acceptors (Lipinski definition) is 5. The average molecular weight is 342 g/mol. The first-order valence-corrected chi connectivity index (χ1v) is 7.63. The summed E-state index contributed by atoms with van der Waals surface area (Å²) in [4.78, 5) is 31.8. The normalized spacial score (nSPS) is 10.6. The Balaban J connectivity index is 1.42. The molecular weight excluding hydrogens is 327 g/mol. The molecule has 0 saturated carbocycles. The summed E-state index contributed by atoms with van der Waals surface area (Å²) in [6, 6.07) is 8.65. The highest BCUT2D eigenvalue weighted by atomic mass is 19.1. The molecule has 0 spiro atoms. The van der Waals surface area contributed by atoms with Crippen molar-refractivity contribution in [2.24, 2.45) is 0 Å². The summed E-state index contributed by atoms with van der Waals surface area (Å²) < 4.78 is 18.2. The predicted molar refractivity (Wildman–Crippen MR) is 87.0 cm³/mol. The van der Waals surface area contributed by atoms with Gasteiger partial charge in [-0.05, 0) is 36.4 Å². The zero-order valence-corrected chi connectivity index (χ0v) is 13.2. The third kappa shape index (κ3) is 4.37. The van der Waals surface area contributed by atoms with Gasteiger partial charge < -0.3 is 15.1 Å². The molecule has 0 aliphatic rings. The molecule has 0 saturated heterocycles. The topological polar surface area (TPSA) is 97.1 Å². The van der Waals surface area contributed by atoms with E-state index >= 15 is 0 Å². The third-order valence-electron chi connectivity index (χ3n) is 3.39. The van der Waals surface area contributed by atoms with Crippen LogP contribution in [-0.4, -0.2) is 28.3 Å². The molecule has 8 heteroatoms. The van der Waals surface area contributed by atoms with Crippen molar-refractivity contribution >= 4 is 23.0 Å². The first kappa shape index (κ1) is 16.6. The van der Waals surface area contributed by atoms with Gasteiger partial charge in [0.1, 0.15) is 5.82 Å². The van der Waals surface area contributed by atoms with Gasteiger partial charge in [0.2, 0.25) is 11.8 Å². The molecule has 0 unspecified atom stereocenters. The van der Waals surface area contributed by atoms with Crippen molar-refractivity contribution in [3.05, 3.63) is 59.9 Å². The van der Waals surface area contributed by atoms with Crippen LogP contribution in [0.2, 0.25) is 0 Å². The molecule has 3 aromatic rings. The van der Waals surface area contributed by atoms with Crippen molar-refractivity contribution in [1.29, 1.82) is 0 Å². The van der Waals surface area contributed by atoms with Gasteiger partial charge in [0.15, 0.2) is 11.2 Å². The van der Waals surface area contributed by atoms with E-state index < -0.39 is 5.82 Å². The number of fused-ring (bicyclic) bond motifs is 1. The Labute approximate surface area is 142 Å². The molecule has 0 aliphatic carbocycles. The number of carbonyl (C=O) groups excluding carboxylic acids is 2. The lowest BCUT2D eigenvalue weighted by Crippen LogP contribution is -2.30. The minimum Gasteiger partial charge on any atom is -0.437 e. The molecule has 2 N–H and O–H groups in total. The van der Waals surface area contributed by atoms with Crippen LogP contribution in [0.15, 0.2) is 47.0 Å². The van der Waals surface area contributed by atoms with E-state index in [4.69, 9.17) is 4.42 Å². The minimum atomic E-state index is -0.412. The molecule has 7 nitrogen and oxygen atoms in total. The number of nitrogens with one attached hydrogen (secondary N) is 2. The van der Waals surface area contributed by atoms with Gasteiger partial charge in [-0.1, -0.05) is 0 Å². The standard InChI is InChI=1S/C17H15FN4O3/c18-12-5-3-11(4-6-12)17(24)20-9-7-14(23)21-10-15-22-16-13(25-15)2-1-8-19-16/h1-6,8H,7,9-10H2,(H,20,24)(H,21,23). The Hall–Kier alpha value is -3.29. The summed E-state index contributed by atoms with van der Waals surface area (Å²) in [6.45, 7) is 0.304. The Morgan fingerprint density at radius 2 is 1.92 bits per heavy atom. The third-order valence-corrected chi connectivity index (χ3v) is 3.39. The molecule has 1 aromatic carbocycles. The van der Waals surface area contributed by atoms with E-state index in [1.54, 1.807) is 18.3 Å². The van der Waals surface area contributed by atoms with E-state index in [2.05, 4.69) is 20.6 Å². The van der Waals surface area contributed by atoms with Gasteiger partial charge in [-0.25, -0.2) is 9.37 Å². The van der Waals surface area contributed by atoms with Crippen molar-refractivity contribution in [1.82, 2.24) is 20.6 Å². The summed E-state index contributed by atoms with van der Waals surface area (Å²) in [5.74, 6) is -0.671. The maximum atomic E-state index is 12.8. The van der Waals surface area contributed by atoms with E-state index in [1.807, 2.05) is 0 Å². The van der Waals surface area contributed by atoms with Crippen molar-refractivity contribution in [2.75, 3.05) is 6.54 Å². The van der Waals surface area contributed by atoms with Crippen LogP contribution in [0.3, 0.4) is 0 Å². The highest BCUT2D eigenvalue weighted by Crippen LogP contribution is 2.11. The number of aromatic nitrogens is 2. The Morgan fingerprint density at radius 1 is 1.12 bits per heavy atom. The molecule has 0 radical (unpaired) electrons. The fourth-order valence-electron chi connectivity index (χ4n) is 2.14. The predicted octanol–water partition coefficient (Wildman–Crippen LogP) is 1.80. The molecule has 2 aromatic heterocycles. The molecule has 3 rings (SSSR count). The van der Waals surface area contributed by atoms with Gasteiger partial charge in [0.05, 0.1) is 6.54 Å². The lowest BCUT2D eigenvalue weighted by Gasteiger charge is -2.05. The molecule has 0 atom stereocenters. The van der Waals surface area contributed by atoms with Crippen molar-refractivity contribution in [3.63, 3.8) is 0 Å². The fourth-order valence-corrected chi connectivity index (χ4v) is 2.14. The van der Waals surface area contributed by atoms with Crippen LogP contribution in [0.5, 0.6) is 0 Å². The van der Waals surface area contributed by atoms with Crippen molar-refractivity contribution in [3.8, 4) is 0 Å². The number of oxazole rings is 1. The van der Waals surface area contributed by atoms with E-state index in [0.717, 1.165) is 0 Å². The molecule has 0 fully saturated rings. The van der Waals surface area contributed by atoms with Crippen LogP contribution in [0.1, 0.15) is 22.7 Å². The summed E-state index contributed by atoms with van der Waals surface area (Å²) >= 11 is 0. The van der Waals surface area contributed by atoms with Gasteiger partial charge in [-0.3, -0.25) is 9.59 Å². The summed E-state index contributed by atoms with van der Waals surface area (Å²) in [5.41, 5.74) is 1.37. The number of benzene rings is 1. The van der Waals surface area contributed by atoms with Gasteiger partial charge in [0.25, 0.3) is 5.91 Å². The number of amides is 2. The molecule has 0 aliphatic heterocycles. The number of hydrogen-bond donors (Lipinski definition) is 2. The SMILES string of the molecule is O=C(CCNC(=O)c1ccc(F)cc1)NCc1nc2ncccc2o1. The second-order valence-corrected chi connectivity index (χ2v) is 5.22. The molecular formula is C17H15FN4O3. The van der Waals surface area contributed by atoms with Gasteiger partial charge in [0, 0.05) is 24.7 Å². The second-order valence-electron chi connectivity index (χ2n) is 5.22. The summed E-state index contributed by atoms with van der Waals surface area (Å²) in [5, 5.41) is 5.25. The number of halogens is 1. The lowest BCUT2D eigenvalue weighted by atomic mass is 10.2. The van der Waals surface area contributed by atoms with Crippen molar-refractivity contribution in [2.45, 2.75) is 13.0 Å². The second kappa shape index (κ2) is 7.52. The van der Waals surface area contributed by atoms with Crippen LogP contribution in [-0.2, 0) is 11.3 Å². The zero-order chi connectivity index (χ0) is 17.6. The molecule has 0 bridgehead atoms. The first-order valence-electron chi connectivity index (χ1n) is 7.63. The lowest BCUT2D eigenvalue weighted by molar-refractivity contribution is -0.121. The summed E-state index contributed by atoms with van der Waals surface area (Å²) in [6.07, 6.45) is 1.71. The molecule has 128 valence electrons. The largest absolute Gasteiger partial charge is 0.437 e. The monoisotopic (exact) mass is 342 g/mol. The average Bonchev–Trinajstić information content (AvgIpc) is 3.03. The van der Waals surface area contributed by atoms with Gasteiger partial charge in [-0.2, -0.15) is 4.98 Å². The Bertz CT molecular complexity index is 859. The highest BCUT2D eigenvalue weighted by Gasteiger charge is 2.09. The van der Waals surface area contributed by atoms with E-state index in [-0.39, 0.29) is 31.3 Å². The maximum Gasteiger partial charge on any atom is 0.251 e. The van der Waals surface area contributed by atoms with Crippen LogP contribution in [0, 0.1) is 5.82 Å².